The number of carbonyl (C=O) groups excluding carboxylic acids is 1. The van der Waals surface area contributed by atoms with Gasteiger partial charge in [0, 0.05) is 29.5 Å². The summed E-state index contributed by atoms with van der Waals surface area (Å²) in [4.78, 5) is 11.8. The number of hydrogen-bond donors (Lipinski definition) is 1. The Morgan fingerprint density at radius 3 is 2.56 bits per heavy atom. The summed E-state index contributed by atoms with van der Waals surface area (Å²) in [7, 11) is 1.39. The fourth-order valence-electron chi connectivity index (χ4n) is 6.85. The van der Waals surface area contributed by atoms with Gasteiger partial charge < -0.3 is 24.1 Å². The molecule has 7 heteroatoms. The maximum absolute atomic E-state index is 15.3. The lowest BCUT2D eigenvalue weighted by Gasteiger charge is -2.21. The minimum atomic E-state index is -0.665. The van der Waals surface area contributed by atoms with Gasteiger partial charge in [0.15, 0.2) is 0 Å². The molecular weight excluding hydrogens is 523 g/mol. The molecule has 0 radical (unpaired) electrons. The zero-order chi connectivity index (χ0) is 28.9. The third-order valence-corrected chi connectivity index (χ3v) is 8.82. The molecule has 41 heavy (non-hydrogen) atoms. The van der Waals surface area contributed by atoms with E-state index in [0.29, 0.717) is 42.9 Å². The summed E-state index contributed by atoms with van der Waals surface area (Å²) in [5, 5.41) is 10.3. The summed E-state index contributed by atoms with van der Waals surface area (Å²) in [5.41, 5.74) is 6.15. The van der Waals surface area contributed by atoms with Crippen LogP contribution in [-0.2, 0) is 16.0 Å². The van der Waals surface area contributed by atoms with Crippen LogP contribution < -0.4 is 14.2 Å². The number of aliphatic hydroxyl groups is 1. The Balaban J connectivity index is 1.23. The molecular formula is C34H37FO6. The quantitative estimate of drug-likeness (QED) is 0.317. The average Bonchev–Trinajstić information content (AvgIpc) is 3.62. The molecule has 1 N–H and O–H groups in total. The molecule has 1 aliphatic heterocycles. The van der Waals surface area contributed by atoms with Crippen LogP contribution in [0, 0.1) is 19.7 Å². The molecule has 216 valence electrons. The highest BCUT2D eigenvalue weighted by Crippen LogP contribution is 2.45. The lowest BCUT2D eigenvalue weighted by Crippen LogP contribution is -2.22. The van der Waals surface area contributed by atoms with Crippen LogP contribution in [0.15, 0.2) is 42.5 Å². The molecule has 0 bridgehead atoms. The topological polar surface area (TPSA) is 74.2 Å². The maximum atomic E-state index is 15.3. The van der Waals surface area contributed by atoms with Crippen molar-refractivity contribution in [2.45, 2.75) is 83.0 Å². The Labute approximate surface area is 240 Å². The van der Waals surface area contributed by atoms with Gasteiger partial charge in [0.25, 0.3) is 0 Å². The zero-order valence-electron chi connectivity index (χ0n) is 24.1. The van der Waals surface area contributed by atoms with E-state index in [1.54, 1.807) is 6.07 Å². The number of benzene rings is 3. The van der Waals surface area contributed by atoms with Gasteiger partial charge in [-0.25, -0.2) is 4.39 Å². The molecule has 2 aliphatic carbocycles. The first-order valence-corrected chi connectivity index (χ1v) is 14.4. The molecule has 0 aromatic heterocycles. The SMILES string of the molecule is COC(=O)C[C@@H]1COc2cc(O[C@@H]3CCc4c(-c5c(C)cc(OC6CCC(C)(O)C6)cc5C)ccc(F)c43)ccc21. The Hall–Kier alpha value is -3.58. The summed E-state index contributed by atoms with van der Waals surface area (Å²) >= 11 is 0. The first-order valence-electron chi connectivity index (χ1n) is 14.4. The Bertz CT molecular complexity index is 1470. The molecule has 2 unspecified atom stereocenters. The summed E-state index contributed by atoms with van der Waals surface area (Å²) in [5.74, 6) is 1.54. The van der Waals surface area contributed by atoms with Crippen molar-refractivity contribution in [2.75, 3.05) is 13.7 Å². The first-order chi connectivity index (χ1) is 19.6. The molecule has 3 aliphatic rings. The van der Waals surface area contributed by atoms with Crippen LogP contribution in [0.4, 0.5) is 4.39 Å². The molecule has 1 heterocycles. The highest BCUT2D eigenvalue weighted by Gasteiger charge is 2.35. The van der Waals surface area contributed by atoms with Crippen LogP contribution in [0.2, 0.25) is 0 Å². The number of carbonyl (C=O) groups is 1. The average molecular weight is 561 g/mol. The standard InChI is InChI=1S/C34H37FO6/c1-19-13-24(40-23-11-12-34(3,37)17-23)14-20(2)32(19)26-7-9-28(35)33-27(26)8-10-29(33)41-22-5-6-25-21(15-31(36)38-4)18-39-30(25)16-22/h5-7,9,13-14,16,21,23,29,37H,8,10-12,15,17-18H2,1-4H3/t21-,23?,29-,34?/m1/s1. The highest BCUT2D eigenvalue weighted by atomic mass is 19.1. The lowest BCUT2D eigenvalue weighted by molar-refractivity contribution is -0.141. The van der Waals surface area contributed by atoms with E-state index in [0.717, 1.165) is 52.0 Å². The van der Waals surface area contributed by atoms with Crippen molar-refractivity contribution in [2.24, 2.45) is 0 Å². The number of fused-ring (bicyclic) bond motifs is 2. The number of methoxy groups -OCH3 is 1. The number of rotatable bonds is 7. The van der Waals surface area contributed by atoms with Crippen LogP contribution in [-0.4, -0.2) is 36.5 Å². The number of esters is 1. The normalized spacial score (nSPS) is 24.5. The monoisotopic (exact) mass is 560 g/mol. The smallest absolute Gasteiger partial charge is 0.306 e. The van der Waals surface area contributed by atoms with E-state index in [2.05, 4.69) is 13.8 Å². The van der Waals surface area contributed by atoms with E-state index in [1.165, 1.54) is 7.11 Å². The van der Waals surface area contributed by atoms with Crippen molar-refractivity contribution in [3.05, 3.63) is 76.1 Å². The van der Waals surface area contributed by atoms with E-state index in [9.17, 15) is 9.90 Å². The van der Waals surface area contributed by atoms with E-state index >= 15 is 4.39 Å². The van der Waals surface area contributed by atoms with Crippen LogP contribution in [0.3, 0.4) is 0 Å². The largest absolute Gasteiger partial charge is 0.492 e. The van der Waals surface area contributed by atoms with Crippen LogP contribution in [0.25, 0.3) is 11.1 Å². The van der Waals surface area contributed by atoms with Gasteiger partial charge in [0.1, 0.15) is 35.3 Å². The lowest BCUT2D eigenvalue weighted by atomic mass is 9.90. The fourth-order valence-corrected chi connectivity index (χ4v) is 6.85. The fraction of sp³-hybridized carbons (Fsp3) is 0.441. The van der Waals surface area contributed by atoms with E-state index in [1.807, 2.05) is 43.3 Å². The van der Waals surface area contributed by atoms with Crippen molar-refractivity contribution >= 4 is 5.97 Å². The summed E-state index contributed by atoms with van der Waals surface area (Å²) in [6.07, 6.45) is 3.46. The number of hydrogen-bond acceptors (Lipinski definition) is 6. The van der Waals surface area contributed by atoms with Crippen molar-refractivity contribution in [1.29, 1.82) is 0 Å². The van der Waals surface area contributed by atoms with Gasteiger partial charge in [-0.1, -0.05) is 12.1 Å². The Morgan fingerprint density at radius 1 is 1.07 bits per heavy atom. The van der Waals surface area contributed by atoms with Crippen molar-refractivity contribution in [3.63, 3.8) is 0 Å². The molecule has 0 saturated heterocycles. The van der Waals surface area contributed by atoms with E-state index < -0.39 is 11.7 Å². The summed E-state index contributed by atoms with van der Waals surface area (Å²) < 4.78 is 38.6. The van der Waals surface area contributed by atoms with Crippen molar-refractivity contribution < 1.29 is 33.2 Å². The highest BCUT2D eigenvalue weighted by molar-refractivity contribution is 5.76. The molecule has 3 aromatic carbocycles. The molecule has 0 amide bonds. The molecule has 4 atom stereocenters. The number of aryl methyl sites for hydroxylation is 2. The van der Waals surface area contributed by atoms with Crippen molar-refractivity contribution in [3.8, 4) is 28.4 Å². The van der Waals surface area contributed by atoms with Gasteiger partial charge >= 0.3 is 5.97 Å². The minimum absolute atomic E-state index is 0.00553. The second-order valence-electron chi connectivity index (χ2n) is 12.0. The van der Waals surface area contributed by atoms with Crippen LogP contribution in [0.1, 0.15) is 78.9 Å². The first kappa shape index (κ1) is 27.6. The molecule has 6 nitrogen and oxygen atoms in total. The summed E-state index contributed by atoms with van der Waals surface area (Å²) in [6, 6.07) is 13.2. The summed E-state index contributed by atoms with van der Waals surface area (Å²) in [6.45, 7) is 6.42. The molecule has 1 saturated carbocycles. The van der Waals surface area contributed by atoms with E-state index in [-0.39, 0.29) is 30.2 Å². The number of ether oxygens (including phenoxy) is 4. The molecule has 1 fully saturated rings. The molecule has 3 aromatic rings. The third-order valence-electron chi connectivity index (χ3n) is 8.82. The van der Waals surface area contributed by atoms with Crippen molar-refractivity contribution in [1.82, 2.24) is 0 Å². The predicted molar refractivity (Wildman–Crippen MR) is 153 cm³/mol. The van der Waals surface area contributed by atoms with Gasteiger partial charge in [-0.05, 0) is 98.5 Å². The third kappa shape index (κ3) is 5.40. The predicted octanol–water partition coefficient (Wildman–Crippen LogP) is 6.90. The second kappa shape index (κ2) is 10.7. The Kier molecular flexibility index (Phi) is 7.18. The zero-order valence-corrected chi connectivity index (χ0v) is 24.1. The van der Waals surface area contributed by atoms with Gasteiger partial charge in [0.2, 0.25) is 0 Å². The van der Waals surface area contributed by atoms with Gasteiger partial charge in [-0.2, -0.15) is 0 Å². The molecule has 6 rings (SSSR count). The van der Waals surface area contributed by atoms with Gasteiger partial charge in [-0.3, -0.25) is 4.79 Å². The second-order valence-corrected chi connectivity index (χ2v) is 12.0. The van der Waals surface area contributed by atoms with Gasteiger partial charge in [0.05, 0.1) is 25.7 Å². The van der Waals surface area contributed by atoms with Gasteiger partial charge in [-0.15, -0.1) is 0 Å². The van der Waals surface area contributed by atoms with Crippen LogP contribution >= 0.6 is 0 Å². The van der Waals surface area contributed by atoms with Crippen LogP contribution in [0.5, 0.6) is 17.2 Å². The number of halogens is 1. The van der Waals surface area contributed by atoms with E-state index in [4.69, 9.17) is 18.9 Å². The molecule has 0 spiro atoms. The maximum Gasteiger partial charge on any atom is 0.306 e. The Morgan fingerprint density at radius 2 is 1.85 bits per heavy atom. The minimum Gasteiger partial charge on any atom is -0.492 e.